The van der Waals surface area contributed by atoms with Gasteiger partial charge in [0.25, 0.3) is 5.56 Å². The van der Waals surface area contributed by atoms with Gasteiger partial charge in [-0.25, -0.2) is 4.79 Å². The molecule has 0 spiro atoms. The van der Waals surface area contributed by atoms with Crippen molar-refractivity contribution in [3.8, 4) is 6.07 Å². The number of ether oxygens (including phenoxy) is 1. The monoisotopic (exact) mass is 281 g/mol. The summed E-state index contributed by atoms with van der Waals surface area (Å²) in [6.07, 6.45) is -0.727. The molecular formula is C12H15N3O5. The van der Waals surface area contributed by atoms with E-state index in [0.717, 1.165) is 4.57 Å². The Balaban J connectivity index is 2.38. The van der Waals surface area contributed by atoms with Crippen molar-refractivity contribution >= 4 is 0 Å². The first-order valence-corrected chi connectivity index (χ1v) is 6.09. The third-order valence-corrected chi connectivity index (χ3v) is 3.50. The third-order valence-electron chi connectivity index (χ3n) is 3.50. The van der Waals surface area contributed by atoms with Crippen LogP contribution < -0.4 is 11.2 Å². The van der Waals surface area contributed by atoms with E-state index in [0.29, 0.717) is 5.56 Å². The Hall–Kier alpha value is -1.95. The summed E-state index contributed by atoms with van der Waals surface area (Å²) in [5.74, 6) is 0. The van der Waals surface area contributed by atoms with Crippen molar-refractivity contribution in [2.75, 3.05) is 6.61 Å². The molecule has 0 amide bonds. The highest BCUT2D eigenvalue weighted by Gasteiger charge is 2.48. The van der Waals surface area contributed by atoms with Crippen LogP contribution in [0.15, 0.2) is 15.8 Å². The maximum atomic E-state index is 11.8. The molecule has 108 valence electrons. The molecule has 1 aliphatic heterocycles. The highest BCUT2D eigenvalue weighted by atomic mass is 16.6. The van der Waals surface area contributed by atoms with Crippen LogP contribution in [-0.2, 0) is 4.74 Å². The number of rotatable bonds is 3. The summed E-state index contributed by atoms with van der Waals surface area (Å²) in [6, 6.07) is 1.85. The van der Waals surface area contributed by atoms with E-state index >= 15 is 0 Å². The Kier molecular flexibility index (Phi) is 3.76. The maximum Gasteiger partial charge on any atom is 0.330 e. The van der Waals surface area contributed by atoms with E-state index in [-0.39, 0.29) is 12.8 Å². The van der Waals surface area contributed by atoms with Gasteiger partial charge in [-0.2, -0.15) is 5.26 Å². The predicted octanol–water partition coefficient (Wildman–Crippen LogP) is -1.23. The molecule has 0 aliphatic carbocycles. The summed E-state index contributed by atoms with van der Waals surface area (Å²) < 4.78 is 6.68. The Morgan fingerprint density at radius 3 is 2.95 bits per heavy atom. The average Bonchev–Trinajstić information content (AvgIpc) is 2.72. The number of aromatic amines is 1. The van der Waals surface area contributed by atoms with Crippen molar-refractivity contribution in [3.63, 3.8) is 0 Å². The second-order valence-electron chi connectivity index (χ2n) is 4.86. The first kappa shape index (κ1) is 14.5. The molecule has 8 heteroatoms. The molecule has 3 N–H and O–H groups in total. The normalized spacial score (nSPS) is 29.3. The van der Waals surface area contributed by atoms with E-state index in [1.165, 1.54) is 13.1 Å². The van der Waals surface area contributed by atoms with Crippen LogP contribution in [0.2, 0.25) is 0 Å². The van der Waals surface area contributed by atoms with Crippen molar-refractivity contribution in [1.82, 2.24) is 9.55 Å². The van der Waals surface area contributed by atoms with Crippen molar-refractivity contribution in [2.24, 2.45) is 0 Å². The van der Waals surface area contributed by atoms with Crippen LogP contribution in [0.5, 0.6) is 0 Å². The van der Waals surface area contributed by atoms with E-state index in [9.17, 15) is 19.8 Å². The molecule has 3 atom stereocenters. The third kappa shape index (κ3) is 2.27. The lowest BCUT2D eigenvalue weighted by atomic mass is 9.94. The van der Waals surface area contributed by atoms with Crippen LogP contribution in [0.4, 0.5) is 0 Å². The molecule has 20 heavy (non-hydrogen) atoms. The van der Waals surface area contributed by atoms with Crippen molar-refractivity contribution in [2.45, 2.75) is 37.7 Å². The molecule has 1 aromatic rings. The zero-order valence-electron chi connectivity index (χ0n) is 10.9. The Morgan fingerprint density at radius 2 is 2.35 bits per heavy atom. The van der Waals surface area contributed by atoms with Gasteiger partial charge in [0.05, 0.1) is 25.2 Å². The van der Waals surface area contributed by atoms with Gasteiger partial charge in [-0.3, -0.25) is 14.3 Å². The van der Waals surface area contributed by atoms with Gasteiger partial charge >= 0.3 is 5.69 Å². The van der Waals surface area contributed by atoms with Crippen LogP contribution in [0, 0.1) is 18.3 Å². The van der Waals surface area contributed by atoms with Crippen molar-refractivity contribution in [1.29, 1.82) is 5.26 Å². The Bertz CT molecular complexity index is 658. The highest BCUT2D eigenvalue weighted by Crippen LogP contribution is 2.37. The Labute approximate surface area is 113 Å². The summed E-state index contributed by atoms with van der Waals surface area (Å²) in [5.41, 5.74) is -2.23. The molecule has 0 radical (unpaired) electrons. The van der Waals surface area contributed by atoms with Gasteiger partial charge in [-0.15, -0.1) is 0 Å². The standard InChI is InChI=1S/C12H15N3O5/c1-7-5-15(11(19)14-10(7)18)9-4-8(17)12(6-16,20-9)2-3-13/h5,8-9,16-17H,2,4,6H2,1H3,(H,14,18,19)/t8-,9+,12+/m0/s1. The summed E-state index contributed by atoms with van der Waals surface area (Å²) in [6.45, 7) is 1.00. The van der Waals surface area contributed by atoms with Gasteiger partial charge in [0, 0.05) is 18.2 Å². The fourth-order valence-corrected chi connectivity index (χ4v) is 2.27. The number of hydrogen-bond acceptors (Lipinski definition) is 6. The molecule has 2 heterocycles. The highest BCUT2D eigenvalue weighted by molar-refractivity contribution is 5.05. The zero-order valence-corrected chi connectivity index (χ0v) is 10.9. The van der Waals surface area contributed by atoms with E-state index < -0.39 is 35.8 Å². The van der Waals surface area contributed by atoms with Crippen molar-refractivity contribution in [3.05, 3.63) is 32.6 Å². The number of aliphatic hydroxyl groups is 2. The predicted molar refractivity (Wildman–Crippen MR) is 66.9 cm³/mol. The fraction of sp³-hybridized carbons (Fsp3) is 0.583. The molecule has 0 unspecified atom stereocenters. The summed E-state index contributed by atoms with van der Waals surface area (Å²) in [7, 11) is 0. The second-order valence-corrected chi connectivity index (χ2v) is 4.86. The first-order chi connectivity index (χ1) is 9.43. The van der Waals surface area contributed by atoms with Crippen LogP contribution in [0.1, 0.15) is 24.6 Å². The number of nitrogens with one attached hydrogen (secondary N) is 1. The quantitative estimate of drug-likeness (QED) is 0.636. The van der Waals surface area contributed by atoms with Gasteiger partial charge in [0.1, 0.15) is 11.8 Å². The van der Waals surface area contributed by atoms with Gasteiger partial charge in [-0.05, 0) is 6.92 Å². The number of nitrogens with zero attached hydrogens (tertiary/aromatic N) is 2. The molecule has 0 bridgehead atoms. The molecule has 1 fully saturated rings. The minimum absolute atomic E-state index is 0.0492. The van der Waals surface area contributed by atoms with Gasteiger partial charge in [0.15, 0.2) is 0 Å². The molecule has 1 aromatic heterocycles. The summed E-state index contributed by atoms with van der Waals surface area (Å²) in [4.78, 5) is 25.2. The minimum atomic E-state index is -1.40. The lowest BCUT2D eigenvalue weighted by Gasteiger charge is -2.27. The molecular weight excluding hydrogens is 266 g/mol. The lowest BCUT2D eigenvalue weighted by molar-refractivity contribution is -0.125. The van der Waals surface area contributed by atoms with E-state index in [1.54, 1.807) is 0 Å². The zero-order chi connectivity index (χ0) is 14.9. The maximum absolute atomic E-state index is 11.8. The molecule has 0 aromatic carbocycles. The van der Waals surface area contributed by atoms with Gasteiger partial charge in [-0.1, -0.05) is 0 Å². The molecule has 0 saturated carbocycles. The average molecular weight is 281 g/mol. The summed E-state index contributed by atoms with van der Waals surface area (Å²) in [5, 5.41) is 28.1. The molecule has 1 saturated heterocycles. The first-order valence-electron chi connectivity index (χ1n) is 6.09. The summed E-state index contributed by atoms with van der Waals surface area (Å²) >= 11 is 0. The van der Waals surface area contributed by atoms with Crippen LogP contribution in [0.25, 0.3) is 0 Å². The van der Waals surface area contributed by atoms with E-state index in [4.69, 9.17) is 10.00 Å². The number of aromatic nitrogens is 2. The minimum Gasteiger partial charge on any atom is -0.393 e. The number of aliphatic hydroxyl groups excluding tert-OH is 2. The number of H-pyrrole nitrogens is 1. The molecule has 8 nitrogen and oxygen atoms in total. The topological polar surface area (TPSA) is 128 Å². The van der Waals surface area contributed by atoms with Crippen LogP contribution >= 0.6 is 0 Å². The molecule has 2 rings (SSSR count). The number of hydrogen-bond donors (Lipinski definition) is 3. The van der Waals surface area contributed by atoms with E-state index in [2.05, 4.69) is 4.98 Å². The van der Waals surface area contributed by atoms with Crippen LogP contribution in [-0.4, -0.2) is 38.1 Å². The van der Waals surface area contributed by atoms with E-state index in [1.807, 2.05) is 6.07 Å². The fourth-order valence-electron chi connectivity index (χ4n) is 2.27. The van der Waals surface area contributed by atoms with Crippen LogP contribution in [0.3, 0.4) is 0 Å². The number of nitriles is 1. The largest absolute Gasteiger partial charge is 0.393 e. The second kappa shape index (κ2) is 5.20. The lowest BCUT2D eigenvalue weighted by Crippen LogP contribution is -2.43. The van der Waals surface area contributed by atoms with Gasteiger partial charge < -0.3 is 14.9 Å². The van der Waals surface area contributed by atoms with Gasteiger partial charge in [0.2, 0.25) is 0 Å². The smallest absolute Gasteiger partial charge is 0.330 e. The Morgan fingerprint density at radius 1 is 1.65 bits per heavy atom. The number of aryl methyl sites for hydroxylation is 1. The SMILES string of the molecule is Cc1cn([C@H]2C[C@H](O)[C@](CO)(CC#N)O2)c(=O)[nH]c1=O. The van der Waals surface area contributed by atoms with Crippen molar-refractivity contribution < 1.29 is 14.9 Å². The molecule has 1 aliphatic rings.